The van der Waals surface area contributed by atoms with Crippen LogP contribution in [0, 0.1) is 12.8 Å². The first-order valence-corrected chi connectivity index (χ1v) is 13.6. The smallest absolute Gasteiger partial charge is 0.408 e. The van der Waals surface area contributed by atoms with Crippen LogP contribution in [0.25, 0.3) is 0 Å². The van der Waals surface area contributed by atoms with Crippen LogP contribution in [0.4, 0.5) is 4.79 Å². The lowest BCUT2D eigenvalue weighted by molar-refractivity contribution is -0.146. The average molecular weight is 540 g/mol. The standard InChI is InChI=1S/C31H45N3O5/c1-21(2)17-18-23(4)34(29(37)26(20-35)33-30(38)39-31(5,6)7)27(25-16-12-11-13-22(25)3)28(36)32-19-24-14-9-8-10-15-24/h8-16,21,23,26-27,35H,17-20H2,1-7H3,(H,32,36)(H,33,38). The van der Waals surface area contributed by atoms with E-state index in [1.807, 2.05) is 68.4 Å². The zero-order chi connectivity index (χ0) is 29.2. The number of carbonyl (C=O) groups is 3. The molecule has 3 N–H and O–H groups in total. The van der Waals surface area contributed by atoms with E-state index in [4.69, 9.17) is 4.74 Å². The maximum absolute atomic E-state index is 14.1. The van der Waals surface area contributed by atoms with Crippen molar-refractivity contribution in [3.05, 3.63) is 71.3 Å². The Hall–Kier alpha value is -3.39. The van der Waals surface area contributed by atoms with E-state index in [9.17, 15) is 19.5 Å². The fourth-order valence-corrected chi connectivity index (χ4v) is 4.32. The highest BCUT2D eigenvalue weighted by molar-refractivity contribution is 5.92. The van der Waals surface area contributed by atoms with Gasteiger partial charge >= 0.3 is 6.09 Å². The van der Waals surface area contributed by atoms with E-state index < -0.39 is 36.3 Å². The van der Waals surface area contributed by atoms with Crippen molar-refractivity contribution >= 4 is 17.9 Å². The summed E-state index contributed by atoms with van der Waals surface area (Å²) < 4.78 is 5.33. The summed E-state index contributed by atoms with van der Waals surface area (Å²) in [6.45, 7) is 12.8. The average Bonchev–Trinajstić information content (AvgIpc) is 2.87. The van der Waals surface area contributed by atoms with Crippen LogP contribution in [-0.2, 0) is 20.9 Å². The number of alkyl carbamates (subject to hydrolysis) is 1. The lowest BCUT2D eigenvalue weighted by Gasteiger charge is -2.39. The molecule has 0 aromatic heterocycles. The maximum atomic E-state index is 14.1. The number of rotatable bonds is 12. The first-order chi connectivity index (χ1) is 18.3. The predicted molar refractivity (Wildman–Crippen MR) is 153 cm³/mol. The number of aryl methyl sites for hydroxylation is 1. The van der Waals surface area contributed by atoms with Crippen molar-refractivity contribution in [1.82, 2.24) is 15.5 Å². The highest BCUT2D eigenvalue weighted by Gasteiger charge is 2.39. The molecule has 0 bridgehead atoms. The Morgan fingerprint density at radius 3 is 2.13 bits per heavy atom. The molecular formula is C31H45N3O5. The van der Waals surface area contributed by atoms with Gasteiger partial charge in [-0.2, -0.15) is 0 Å². The fraction of sp³-hybridized carbons (Fsp3) is 0.516. The van der Waals surface area contributed by atoms with Crippen LogP contribution in [0.1, 0.15) is 77.1 Å². The number of amides is 3. The summed E-state index contributed by atoms with van der Waals surface area (Å²) >= 11 is 0. The largest absolute Gasteiger partial charge is 0.444 e. The minimum Gasteiger partial charge on any atom is -0.444 e. The van der Waals surface area contributed by atoms with Crippen LogP contribution < -0.4 is 10.6 Å². The maximum Gasteiger partial charge on any atom is 0.408 e. The van der Waals surface area contributed by atoms with Gasteiger partial charge in [0.25, 0.3) is 0 Å². The molecule has 3 amide bonds. The zero-order valence-electron chi connectivity index (χ0n) is 24.4. The fourth-order valence-electron chi connectivity index (χ4n) is 4.32. The molecule has 8 nitrogen and oxygen atoms in total. The molecular weight excluding hydrogens is 494 g/mol. The summed E-state index contributed by atoms with van der Waals surface area (Å²) in [5.41, 5.74) is 1.69. The van der Waals surface area contributed by atoms with E-state index in [1.54, 1.807) is 20.8 Å². The molecule has 0 saturated heterocycles. The van der Waals surface area contributed by atoms with Crippen molar-refractivity contribution in [2.75, 3.05) is 6.61 Å². The Morgan fingerprint density at radius 1 is 0.949 bits per heavy atom. The Morgan fingerprint density at radius 2 is 1.56 bits per heavy atom. The van der Waals surface area contributed by atoms with Gasteiger partial charge in [-0.15, -0.1) is 0 Å². The molecule has 0 spiro atoms. The molecule has 39 heavy (non-hydrogen) atoms. The van der Waals surface area contributed by atoms with Gasteiger partial charge in [-0.05, 0) is 70.1 Å². The van der Waals surface area contributed by atoms with E-state index in [0.29, 0.717) is 24.4 Å². The number of nitrogens with one attached hydrogen (secondary N) is 2. The third-order valence-electron chi connectivity index (χ3n) is 6.38. The lowest BCUT2D eigenvalue weighted by atomic mass is 9.94. The second-order valence-corrected chi connectivity index (χ2v) is 11.4. The van der Waals surface area contributed by atoms with E-state index in [-0.39, 0.29) is 11.9 Å². The summed E-state index contributed by atoms with van der Waals surface area (Å²) in [4.78, 5) is 42.0. The number of ether oxygens (including phenoxy) is 1. The van der Waals surface area contributed by atoms with Gasteiger partial charge in [-0.25, -0.2) is 4.79 Å². The number of aliphatic hydroxyl groups excluding tert-OH is 1. The molecule has 214 valence electrons. The predicted octanol–water partition coefficient (Wildman–Crippen LogP) is 4.89. The Kier molecular flexibility index (Phi) is 12.0. The van der Waals surface area contributed by atoms with Gasteiger partial charge in [-0.3, -0.25) is 9.59 Å². The topological polar surface area (TPSA) is 108 Å². The van der Waals surface area contributed by atoms with Crippen molar-refractivity contribution in [1.29, 1.82) is 0 Å². The number of carbonyl (C=O) groups excluding carboxylic acids is 3. The molecule has 3 atom stereocenters. The van der Waals surface area contributed by atoms with E-state index >= 15 is 0 Å². The van der Waals surface area contributed by atoms with Gasteiger partial charge < -0.3 is 25.4 Å². The van der Waals surface area contributed by atoms with Crippen molar-refractivity contribution in [3.63, 3.8) is 0 Å². The lowest BCUT2D eigenvalue weighted by Crippen LogP contribution is -2.56. The highest BCUT2D eigenvalue weighted by atomic mass is 16.6. The molecule has 3 unspecified atom stereocenters. The molecule has 0 radical (unpaired) electrons. The van der Waals surface area contributed by atoms with Crippen LogP contribution in [0.15, 0.2) is 54.6 Å². The van der Waals surface area contributed by atoms with Crippen molar-refractivity contribution in [2.24, 2.45) is 5.92 Å². The number of benzene rings is 2. The second-order valence-electron chi connectivity index (χ2n) is 11.4. The molecule has 0 aliphatic carbocycles. The van der Waals surface area contributed by atoms with E-state index in [0.717, 1.165) is 17.5 Å². The van der Waals surface area contributed by atoms with Gasteiger partial charge in [0.15, 0.2) is 0 Å². The molecule has 0 saturated carbocycles. The summed E-state index contributed by atoms with van der Waals surface area (Å²) in [6.07, 6.45) is 0.661. The Labute approximate surface area is 233 Å². The second kappa shape index (κ2) is 14.7. The normalized spacial score (nSPS) is 13.8. The van der Waals surface area contributed by atoms with Gasteiger partial charge in [-0.1, -0.05) is 68.4 Å². The number of aliphatic hydroxyl groups is 1. The van der Waals surface area contributed by atoms with Gasteiger partial charge in [0.05, 0.1) is 6.61 Å². The minimum absolute atomic E-state index is 0.296. The van der Waals surface area contributed by atoms with Crippen LogP contribution >= 0.6 is 0 Å². The van der Waals surface area contributed by atoms with E-state index in [2.05, 4.69) is 24.5 Å². The number of nitrogens with zero attached hydrogens (tertiary/aromatic N) is 1. The SMILES string of the molecule is Cc1ccccc1C(C(=O)NCc1ccccc1)N(C(=O)C(CO)NC(=O)OC(C)(C)C)C(C)CCC(C)C. The third kappa shape index (κ3) is 10.0. The third-order valence-corrected chi connectivity index (χ3v) is 6.38. The molecule has 0 fully saturated rings. The van der Waals surface area contributed by atoms with Crippen molar-refractivity contribution < 1.29 is 24.2 Å². The molecule has 2 aromatic carbocycles. The van der Waals surface area contributed by atoms with Crippen LogP contribution in [0.3, 0.4) is 0 Å². The number of hydrogen-bond donors (Lipinski definition) is 3. The first-order valence-electron chi connectivity index (χ1n) is 13.6. The van der Waals surface area contributed by atoms with Crippen molar-refractivity contribution in [2.45, 2.75) is 91.6 Å². The highest BCUT2D eigenvalue weighted by Crippen LogP contribution is 2.29. The molecule has 0 aliphatic rings. The Balaban J connectivity index is 2.50. The molecule has 8 heteroatoms. The van der Waals surface area contributed by atoms with Crippen LogP contribution in [-0.4, -0.2) is 52.2 Å². The van der Waals surface area contributed by atoms with Crippen LogP contribution in [0.2, 0.25) is 0 Å². The summed E-state index contributed by atoms with van der Waals surface area (Å²) in [6, 6.07) is 14.4. The zero-order valence-corrected chi connectivity index (χ0v) is 24.4. The Bertz CT molecular complexity index is 1080. The molecule has 0 heterocycles. The molecule has 2 aromatic rings. The summed E-state index contributed by atoms with van der Waals surface area (Å²) in [5.74, 6) is -0.503. The van der Waals surface area contributed by atoms with Crippen LogP contribution in [0.5, 0.6) is 0 Å². The quantitative estimate of drug-likeness (QED) is 0.356. The minimum atomic E-state index is -1.28. The van der Waals surface area contributed by atoms with Crippen molar-refractivity contribution in [3.8, 4) is 0 Å². The molecule has 2 rings (SSSR count). The monoisotopic (exact) mass is 539 g/mol. The number of hydrogen-bond acceptors (Lipinski definition) is 5. The van der Waals surface area contributed by atoms with Gasteiger partial charge in [0.2, 0.25) is 11.8 Å². The van der Waals surface area contributed by atoms with E-state index in [1.165, 1.54) is 4.90 Å². The molecule has 0 aliphatic heterocycles. The van der Waals surface area contributed by atoms with Gasteiger partial charge in [0, 0.05) is 12.6 Å². The first kappa shape index (κ1) is 31.8. The summed E-state index contributed by atoms with van der Waals surface area (Å²) in [5, 5.41) is 15.7. The summed E-state index contributed by atoms with van der Waals surface area (Å²) in [7, 11) is 0. The van der Waals surface area contributed by atoms with Gasteiger partial charge in [0.1, 0.15) is 17.7 Å².